The quantitative estimate of drug-likeness (QED) is 0.561. The molecule has 2 aromatic carbocycles. The fraction of sp³-hybridized carbons (Fsp3) is 0.158. The Bertz CT molecular complexity index is 1210. The lowest BCUT2D eigenvalue weighted by Crippen LogP contribution is -2.25. The maximum atomic E-state index is 14.1. The van der Waals surface area contributed by atoms with Gasteiger partial charge in [0.25, 0.3) is 5.91 Å². The SMILES string of the molecule is C=CCNS(=O)(=O)c1cc(C(=O)Nc2nc3cc4c(cc3s2)OCCO4)ccc1F. The van der Waals surface area contributed by atoms with Crippen LogP contribution >= 0.6 is 11.3 Å². The number of nitrogens with zero attached hydrogens (tertiary/aromatic N) is 1. The van der Waals surface area contributed by atoms with Crippen molar-refractivity contribution in [2.45, 2.75) is 4.90 Å². The number of nitrogens with one attached hydrogen (secondary N) is 2. The number of benzene rings is 2. The summed E-state index contributed by atoms with van der Waals surface area (Å²) in [6.45, 7) is 4.25. The molecule has 0 bridgehead atoms. The second-order valence-corrected chi connectivity index (χ2v) is 8.99. The van der Waals surface area contributed by atoms with E-state index in [1.54, 1.807) is 12.1 Å². The Morgan fingerprint density at radius 2 is 1.97 bits per heavy atom. The van der Waals surface area contributed by atoms with Gasteiger partial charge in [0.15, 0.2) is 16.6 Å². The molecule has 0 radical (unpaired) electrons. The number of hydrogen-bond donors (Lipinski definition) is 2. The second kappa shape index (κ2) is 8.01. The van der Waals surface area contributed by atoms with E-state index < -0.39 is 26.6 Å². The van der Waals surface area contributed by atoms with Gasteiger partial charge in [0.05, 0.1) is 10.2 Å². The van der Waals surface area contributed by atoms with Gasteiger partial charge in [-0.1, -0.05) is 17.4 Å². The summed E-state index contributed by atoms with van der Waals surface area (Å²) in [4.78, 5) is 16.3. The van der Waals surface area contributed by atoms with Crippen molar-refractivity contribution < 1.29 is 27.1 Å². The summed E-state index contributed by atoms with van der Waals surface area (Å²) >= 11 is 1.22. The van der Waals surface area contributed by atoms with Gasteiger partial charge in [-0.25, -0.2) is 22.5 Å². The number of halogens is 1. The van der Waals surface area contributed by atoms with Crippen LogP contribution in [0.1, 0.15) is 10.4 Å². The first-order valence-electron chi connectivity index (χ1n) is 8.79. The molecule has 0 spiro atoms. The van der Waals surface area contributed by atoms with E-state index in [4.69, 9.17) is 9.47 Å². The minimum Gasteiger partial charge on any atom is -0.486 e. The largest absolute Gasteiger partial charge is 0.486 e. The fourth-order valence-corrected chi connectivity index (χ4v) is 4.76. The van der Waals surface area contributed by atoms with Crippen LogP contribution in [0.4, 0.5) is 9.52 Å². The molecule has 0 saturated carbocycles. The smallest absolute Gasteiger partial charge is 0.257 e. The molecule has 30 heavy (non-hydrogen) atoms. The number of aromatic nitrogens is 1. The van der Waals surface area contributed by atoms with Crippen molar-refractivity contribution in [1.82, 2.24) is 9.71 Å². The lowest BCUT2D eigenvalue weighted by Gasteiger charge is -2.17. The second-order valence-electron chi connectivity index (χ2n) is 6.22. The molecule has 11 heteroatoms. The van der Waals surface area contributed by atoms with E-state index in [2.05, 4.69) is 21.6 Å². The van der Waals surface area contributed by atoms with Crippen molar-refractivity contribution in [3.63, 3.8) is 0 Å². The first-order valence-corrected chi connectivity index (χ1v) is 11.1. The zero-order chi connectivity index (χ0) is 21.3. The summed E-state index contributed by atoms with van der Waals surface area (Å²) in [6.07, 6.45) is 1.33. The molecular weight excluding hydrogens is 433 g/mol. The summed E-state index contributed by atoms with van der Waals surface area (Å²) in [5.41, 5.74) is 0.594. The van der Waals surface area contributed by atoms with E-state index in [9.17, 15) is 17.6 Å². The fourth-order valence-electron chi connectivity index (χ4n) is 2.78. The van der Waals surface area contributed by atoms with Crippen molar-refractivity contribution in [2.24, 2.45) is 0 Å². The predicted octanol–water partition coefficient (Wildman–Crippen LogP) is 2.92. The highest BCUT2D eigenvalue weighted by molar-refractivity contribution is 7.89. The van der Waals surface area contributed by atoms with Crippen LogP contribution in [0.2, 0.25) is 0 Å². The maximum absolute atomic E-state index is 14.1. The summed E-state index contributed by atoms with van der Waals surface area (Å²) in [6, 6.07) is 6.61. The summed E-state index contributed by atoms with van der Waals surface area (Å²) in [5.74, 6) is -0.395. The van der Waals surface area contributed by atoms with Gasteiger partial charge in [0, 0.05) is 24.2 Å². The van der Waals surface area contributed by atoms with Crippen LogP contribution in [-0.4, -0.2) is 39.1 Å². The molecule has 8 nitrogen and oxygen atoms in total. The van der Waals surface area contributed by atoms with E-state index in [0.717, 1.165) is 16.8 Å². The van der Waals surface area contributed by atoms with Crippen LogP contribution in [0.3, 0.4) is 0 Å². The number of carbonyl (C=O) groups excluding carboxylic acids is 1. The number of ether oxygens (including phenoxy) is 2. The van der Waals surface area contributed by atoms with Crippen molar-refractivity contribution in [3.8, 4) is 11.5 Å². The van der Waals surface area contributed by atoms with E-state index >= 15 is 0 Å². The van der Waals surface area contributed by atoms with Gasteiger partial charge in [-0.15, -0.1) is 6.58 Å². The Morgan fingerprint density at radius 1 is 1.23 bits per heavy atom. The van der Waals surface area contributed by atoms with Crippen LogP contribution in [-0.2, 0) is 10.0 Å². The molecule has 1 aliphatic heterocycles. The lowest BCUT2D eigenvalue weighted by atomic mass is 10.2. The average molecular weight is 449 g/mol. The first kappa shape index (κ1) is 20.3. The number of carbonyl (C=O) groups is 1. The molecule has 2 N–H and O–H groups in total. The zero-order valence-corrected chi connectivity index (χ0v) is 17.1. The number of fused-ring (bicyclic) bond motifs is 2. The molecule has 0 unspecified atom stereocenters. The van der Waals surface area contributed by atoms with Gasteiger partial charge in [0.1, 0.15) is 23.9 Å². The first-order chi connectivity index (χ1) is 14.4. The summed E-state index contributed by atoms with van der Waals surface area (Å²) in [7, 11) is -4.13. The average Bonchev–Trinajstić information content (AvgIpc) is 3.11. The third-order valence-corrected chi connectivity index (χ3v) is 6.55. The highest BCUT2D eigenvalue weighted by Crippen LogP contribution is 2.37. The molecule has 1 aromatic heterocycles. The monoisotopic (exact) mass is 449 g/mol. The third kappa shape index (κ3) is 3.99. The molecule has 0 aliphatic carbocycles. The van der Waals surface area contributed by atoms with Gasteiger partial charge in [-0.05, 0) is 18.2 Å². The standard InChI is InChI=1S/C19H16FN3O5S2/c1-2-5-21-30(25,26)17-8-11(3-4-12(17)20)18(24)23-19-22-13-9-14-15(10-16(13)29-19)28-7-6-27-14/h2-4,8-10,21H,1,5-7H2,(H,22,23,24). The number of rotatable bonds is 6. The number of sulfonamides is 1. The highest BCUT2D eigenvalue weighted by atomic mass is 32.2. The summed E-state index contributed by atoms with van der Waals surface area (Å²) in [5, 5.41) is 2.91. The molecule has 0 saturated heterocycles. The zero-order valence-electron chi connectivity index (χ0n) is 15.5. The Hall–Kier alpha value is -3.02. The molecule has 2 heterocycles. The van der Waals surface area contributed by atoms with Gasteiger partial charge in [-0.3, -0.25) is 10.1 Å². The van der Waals surface area contributed by atoms with Crippen LogP contribution in [0.15, 0.2) is 47.9 Å². The number of thiazole rings is 1. The maximum Gasteiger partial charge on any atom is 0.257 e. The van der Waals surface area contributed by atoms with Crippen LogP contribution in [0.25, 0.3) is 10.2 Å². The van der Waals surface area contributed by atoms with Crippen LogP contribution in [0.5, 0.6) is 11.5 Å². The lowest BCUT2D eigenvalue weighted by molar-refractivity contribution is 0.102. The van der Waals surface area contributed by atoms with E-state index in [1.807, 2.05) is 0 Å². The third-order valence-electron chi connectivity index (χ3n) is 4.17. The van der Waals surface area contributed by atoms with E-state index in [1.165, 1.54) is 23.5 Å². The molecular formula is C19H16FN3O5S2. The Kier molecular flexibility index (Phi) is 5.41. The Morgan fingerprint density at radius 3 is 2.70 bits per heavy atom. The molecule has 1 amide bonds. The number of hydrogen-bond acceptors (Lipinski definition) is 7. The topological polar surface area (TPSA) is 107 Å². The minimum absolute atomic E-state index is 0.0272. The molecule has 156 valence electrons. The summed E-state index contributed by atoms with van der Waals surface area (Å²) < 4.78 is 52.5. The van der Waals surface area contributed by atoms with Gasteiger partial charge < -0.3 is 9.47 Å². The van der Waals surface area contributed by atoms with Crippen LogP contribution < -0.4 is 19.5 Å². The number of anilines is 1. The van der Waals surface area contributed by atoms with Crippen molar-refractivity contribution in [3.05, 3.63) is 54.4 Å². The molecule has 0 atom stereocenters. The minimum atomic E-state index is -4.13. The van der Waals surface area contributed by atoms with Crippen LogP contribution in [0, 0.1) is 5.82 Å². The Labute approximate surface area is 175 Å². The van der Waals surface area contributed by atoms with Crippen molar-refractivity contribution >= 4 is 42.6 Å². The normalized spacial score (nSPS) is 13.2. The molecule has 4 rings (SSSR count). The molecule has 1 aliphatic rings. The molecule has 3 aromatic rings. The van der Waals surface area contributed by atoms with Gasteiger partial charge in [0.2, 0.25) is 10.0 Å². The number of amides is 1. The van der Waals surface area contributed by atoms with Gasteiger partial charge in [-0.2, -0.15) is 0 Å². The van der Waals surface area contributed by atoms with E-state index in [0.29, 0.717) is 35.4 Å². The van der Waals surface area contributed by atoms with Crippen molar-refractivity contribution in [1.29, 1.82) is 0 Å². The van der Waals surface area contributed by atoms with E-state index in [-0.39, 0.29) is 12.1 Å². The highest BCUT2D eigenvalue weighted by Gasteiger charge is 2.21. The predicted molar refractivity (Wildman–Crippen MR) is 110 cm³/mol. The Balaban J connectivity index is 1.59. The van der Waals surface area contributed by atoms with Crippen molar-refractivity contribution in [2.75, 3.05) is 25.1 Å². The van der Waals surface area contributed by atoms with Gasteiger partial charge >= 0.3 is 0 Å². The molecule has 0 fully saturated rings.